The molecule has 10 aromatic rings. The molecule has 1 saturated heterocycles. The number of ether oxygens (including phenoxy) is 2. The van der Waals surface area contributed by atoms with Gasteiger partial charge in [0.1, 0.15) is 69.1 Å². The summed E-state index contributed by atoms with van der Waals surface area (Å²) < 4.78 is 172. The molecule has 3 aliphatic rings. The standard InChI is InChI=1S/C33H26F3N3O6S.C24H28BFN2O6S.C15H10BrF2NO2/c1-37-33(41)31-25-14-23(26(38(2)46(4,42)43)16-29(25)45-32(31)17-5-7-19(34)8-6-17)18-9-27-24(28(10-18)44-3)15-30(40)39(27)22-12-20(35)11-21(36)13-22;1-23(2)24(3,4)34-25(33-23)17-12-16-19(13-18(17)28(6)35(7,30)31)32-21(20(16)22(29)27-5)14-8-10-15(26)11-9-14;1-21-14-3-8(16)2-13-12(14)7-15(20)19(13)11-5-9(17)4-10(18)6-11/h5-14,16H,15H2,1-4H3,(H,37,41);8-13H,1-7H3,(H,27,29);2-6H,7H2,1H3. The molecule has 0 unspecified atom stereocenters. The first-order chi connectivity index (χ1) is 47.9. The van der Waals surface area contributed by atoms with Crippen LogP contribution >= 0.6 is 15.9 Å². The van der Waals surface area contributed by atoms with Crippen LogP contribution in [0.1, 0.15) is 59.5 Å². The summed E-state index contributed by atoms with van der Waals surface area (Å²) in [7, 11) is 0.220. The van der Waals surface area contributed by atoms with Crippen LogP contribution in [0.15, 0.2) is 147 Å². The Morgan fingerprint density at radius 3 is 1.33 bits per heavy atom. The Morgan fingerprint density at radius 1 is 0.529 bits per heavy atom. The number of nitrogens with zero attached hydrogens (tertiary/aromatic N) is 4. The Bertz CT molecular complexity index is 5280. The summed E-state index contributed by atoms with van der Waals surface area (Å²) in [5.74, 6) is -4.54. The fourth-order valence-electron chi connectivity index (χ4n) is 12.0. The van der Waals surface area contributed by atoms with Gasteiger partial charge < -0.3 is 38.3 Å². The quantitative estimate of drug-likeness (QED) is 0.0761. The van der Waals surface area contributed by atoms with Crippen LogP contribution in [0.2, 0.25) is 0 Å². The number of benzene rings is 8. The Hall–Kier alpha value is -10.1. The number of carbonyl (C=O) groups excluding carboxylic acids is 4. The van der Waals surface area contributed by atoms with Crippen molar-refractivity contribution in [3.8, 4) is 45.3 Å². The number of rotatable bonds is 14. The van der Waals surface area contributed by atoms with E-state index in [1.54, 1.807) is 42.5 Å². The molecule has 8 aromatic carbocycles. The van der Waals surface area contributed by atoms with Crippen molar-refractivity contribution in [3.63, 3.8) is 0 Å². The first kappa shape index (κ1) is 73.1. The van der Waals surface area contributed by atoms with Gasteiger partial charge in [-0.25, -0.2) is 43.2 Å². The van der Waals surface area contributed by atoms with Crippen molar-refractivity contribution < 1.29 is 90.0 Å². The number of halogens is 7. The third kappa shape index (κ3) is 14.0. The molecule has 102 heavy (non-hydrogen) atoms. The molecule has 13 rings (SSSR count). The second-order valence-corrected chi connectivity index (χ2v) is 29.9. The number of amides is 4. The number of hydrogen-bond donors (Lipinski definition) is 2. The highest BCUT2D eigenvalue weighted by Crippen LogP contribution is 2.49. The molecule has 0 radical (unpaired) electrons. The highest BCUT2D eigenvalue weighted by Gasteiger charge is 2.53. The molecule has 0 bridgehead atoms. The maximum absolute atomic E-state index is 14.2. The lowest BCUT2D eigenvalue weighted by molar-refractivity contribution is -0.117. The topological polar surface area (TPSA) is 237 Å². The van der Waals surface area contributed by atoms with Crippen molar-refractivity contribution >= 4 is 128 Å². The van der Waals surface area contributed by atoms with Gasteiger partial charge >= 0.3 is 7.12 Å². The van der Waals surface area contributed by atoms with Gasteiger partial charge in [-0.1, -0.05) is 15.9 Å². The maximum Gasteiger partial charge on any atom is 0.497 e. The molecular weight excluding hydrogens is 1440 g/mol. The van der Waals surface area contributed by atoms with E-state index in [9.17, 15) is 62.4 Å². The smallest absolute Gasteiger partial charge is 0.496 e. The minimum atomic E-state index is -3.84. The summed E-state index contributed by atoms with van der Waals surface area (Å²) in [4.78, 5) is 54.1. The minimum absolute atomic E-state index is 0.0370. The number of hydrogen-bond acceptors (Lipinski definition) is 14. The van der Waals surface area contributed by atoms with Crippen LogP contribution in [0.4, 0.5) is 60.5 Å². The maximum atomic E-state index is 14.2. The molecule has 0 saturated carbocycles. The van der Waals surface area contributed by atoms with Crippen molar-refractivity contribution in [1.29, 1.82) is 0 Å². The van der Waals surface area contributed by atoms with Crippen molar-refractivity contribution in [3.05, 3.63) is 195 Å². The number of fused-ring (bicyclic) bond motifs is 4. The van der Waals surface area contributed by atoms with Gasteiger partial charge in [-0.15, -0.1) is 0 Å². The van der Waals surface area contributed by atoms with Crippen molar-refractivity contribution in [2.75, 3.05) is 73.3 Å². The number of nitrogens with one attached hydrogen (secondary N) is 2. The number of furan rings is 2. The third-order valence-electron chi connectivity index (χ3n) is 17.9. The third-order valence-corrected chi connectivity index (χ3v) is 20.7. The molecule has 0 spiro atoms. The molecule has 5 heterocycles. The zero-order valence-corrected chi connectivity index (χ0v) is 59.9. The van der Waals surface area contributed by atoms with E-state index in [4.69, 9.17) is 27.6 Å². The summed E-state index contributed by atoms with van der Waals surface area (Å²) in [6.07, 6.45) is 2.12. The Balaban J connectivity index is 0.000000164. The van der Waals surface area contributed by atoms with Crippen LogP contribution in [-0.4, -0.2) is 114 Å². The van der Waals surface area contributed by atoms with E-state index in [1.807, 2.05) is 27.7 Å². The zero-order valence-electron chi connectivity index (χ0n) is 56.7. The van der Waals surface area contributed by atoms with Crippen LogP contribution in [0.5, 0.6) is 11.5 Å². The van der Waals surface area contributed by atoms with E-state index >= 15 is 0 Å². The number of sulfonamides is 2. The van der Waals surface area contributed by atoms with Gasteiger partial charge in [-0.2, -0.15) is 0 Å². The van der Waals surface area contributed by atoms with E-state index in [2.05, 4.69) is 26.6 Å². The fourth-order valence-corrected chi connectivity index (χ4v) is 13.5. The Morgan fingerprint density at radius 2 is 0.922 bits per heavy atom. The summed E-state index contributed by atoms with van der Waals surface area (Å²) in [5, 5.41) is 5.97. The van der Waals surface area contributed by atoms with Crippen LogP contribution in [-0.2, 0) is 51.8 Å². The molecule has 2 N–H and O–H groups in total. The van der Waals surface area contributed by atoms with Crippen LogP contribution < -0.4 is 44.0 Å². The molecule has 30 heteroatoms. The van der Waals surface area contributed by atoms with Gasteiger partial charge in [0.2, 0.25) is 31.9 Å². The molecule has 3 aliphatic heterocycles. The average Bonchev–Trinajstić information content (AvgIpc) is 1.56. The van der Waals surface area contributed by atoms with E-state index in [0.29, 0.717) is 72.8 Å². The second-order valence-electron chi connectivity index (χ2n) is 25.0. The molecule has 2 aromatic heterocycles. The summed E-state index contributed by atoms with van der Waals surface area (Å²) >= 11 is 3.34. The Kier molecular flexibility index (Phi) is 19.8. The molecule has 0 aliphatic carbocycles. The SMILES string of the molecule is CNC(=O)c1c(-c2ccc(F)cc2)oc2cc(N(C)S(C)(=O)=O)c(-c3cc(OC)c4c(c3)N(c3cc(F)cc(F)c3)C(=O)C4)cc12.CNC(=O)c1c(-c2ccc(F)cc2)oc2cc(N(C)S(C)(=O)=O)c(B3OC(C)(C)C(C)(C)O3)cc12.COc1cc(Br)cc2c1CC(=O)N2c1cc(F)cc(F)c1. The molecule has 530 valence electrons. The van der Waals surface area contributed by atoms with E-state index in [-0.39, 0.29) is 81.1 Å². The lowest BCUT2D eigenvalue weighted by atomic mass is 9.77. The number of carbonyl (C=O) groups is 4. The highest BCUT2D eigenvalue weighted by atomic mass is 79.9. The molecule has 0 atom stereocenters. The van der Waals surface area contributed by atoms with Crippen molar-refractivity contribution in [1.82, 2.24) is 10.6 Å². The minimum Gasteiger partial charge on any atom is -0.496 e. The predicted molar refractivity (Wildman–Crippen MR) is 379 cm³/mol. The van der Waals surface area contributed by atoms with Crippen LogP contribution in [0.3, 0.4) is 0 Å². The van der Waals surface area contributed by atoms with Gasteiger partial charge in [-0.05, 0) is 142 Å². The predicted octanol–water partition coefficient (Wildman–Crippen LogP) is 13.4. The second kappa shape index (κ2) is 27.7. The number of anilines is 6. The van der Waals surface area contributed by atoms with Gasteiger partial charge in [0.15, 0.2) is 0 Å². The summed E-state index contributed by atoms with van der Waals surface area (Å²) in [6, 6.07) is 29.6. The van der Waals surface area contributed by atoms with Gasteiger partial charge in [0, 0.05) is 101 Å². The monoisotopic (exact) mass is 1500 g/mol. The van der Waals surface area contributed by atoms with Crippen molar-refractivity contribution in [2.45, 2.75) is 51.7 Å². The molecule has 4 amide bonds. The first-order valence-electron chi connectivity index (χ1n) is 31.0. The molecular formula is C72H64BBrF6N6O14S2. The zero-order chi connectivity index (χ0) is 74.1. The average molecular weight is 1510 g/mol. The highest BCUT2D eigenvalue weighted by molar-refractivity contribution is 9.10. The van der Waals surface area contributed by atoms with Gasteiger partial charge in [-0.3, -0.25) is 37.6 Å². The normalized spacial score (nSPS) is 14.4. The van der Waals surface area contributed by atoms with E-state index in [1.165, 1.54) is 107 Å². The summed E-state index contributed by atoms with van der Waals surface area (Å²) in [5.41, 5.74) is 4.08. The van der Waals surface area contributed by atoms with Crippen LogP contribution in [0.25, 0.3) is 55.7 Å². The van der Waals surface area contributed by atoms with Crippen LogP contribution in [0, 0.1) is 34.9 Å². The van der Waals surface area contributed by atoms with E-state index < -0.39 is 91.0 Å². The largest absolute Gasteiger partial charge is 0.497 e. The Labute approximate surface area is 591 Å². The van der Waals surface area contributed by atoms with Gasteiger partial charge in [0.05, 0.1) is 96.0 Å². The number of methoxy groups -OCH3 is 2. The lowest BCUT2D eigenvalue weighted by Crippen LogP contribution is -2.41. The fraction of sp³-hybridized carbons (Fsp3) is 0.222. The molecule has 20 nitrogen and oxygen atoms in total. The first-order valence-corrected chi connectivity index (χ1v) is 35.5. The van der Waals surface area contributed by atoms with E-state index in [0.717, 1.165) is 55.9 Å². The summed E-state index contributed by atoms with van der Waals surface area (Å²) in [6.45, 7) is 7.58. The lowest BCUT2D eigenvalue weighted by Gasteiger charge is -2.32. The molecule has 1 fully saturated rings. The van der Waals surface area contributed by atoms with Crippen molar-refractivity contribution in [2.24, 2.45) is 0 Å². The van der Waals surface area contributed by atoms with Gasteiger partial charge in [0.25, 0.3) is 11.8 Å².